The molecular formula is C16H22N2. The lowest BCUT2D eigenvalue weighted by Crippen LogP contribution is -2.42. The molecule has 2 nitrogen and oxygen atoms in total. The van der Waals surface area contributed by atoms with E-state index in [4.69, 9.17) is 5.84 Å². The van der Waals surface area contributed by atoms with Crippen LogP contribution in [0.15, 0.2) is 24.3 Å². The van der Waals surface area contributed by atoms with Gasteiger partial charge in [0.15, 0.2) is 0 Å². The number of hydrazine groups is 1. The van der Waals surface area contributed by atoms with Crippen molar-refractivity contribution in [2.45, 2.75) is 44.1 Å². The number of hydrogen-bond acceptors (Lipinski definition) is 2. The van der Waals surface area contributed by atoms with Gasteiger partial charge in [-0.05, 0) is 66.9 Å². The van der Waals surface area contributed by atoms with Crippen molar-refractivity contribution >= 4 is 0 Å². The number of hydrogen-bond donors (Lipinski definition) is 2. The molecule has 0 radical (unpaired) electrons. The fourth-order valence-corrected chi connectivity index (χ4v) is 4.37. The Balaban J connectivity index is 1.42. The Labute approximate surface area is 109 Å². The number of nitrogens with one attached hydrogen (secondary N) is 1. The molecule has 18 heavy (non-hydrogen) atoms. The van der Waals surface area contributed by atoms with Crippen LogP contribution in [-0.2, 0) is 6.42 Å². The molecule has 3 aliphatic carbocycles. The Morgan fingerprint density at radius 1 is 1.17 bits per heavy atom. The van der Waals surface area contributed by atoms with E-state index < -0.39 is 0 Å². The smallest absolute Gasteiger partial charge is 0.0244 e. The maximum Gasteiger partial charge on any atom is 0.0244 e. The Kier molecular flexibility index (Phi) is 2.49. The number of benzene rings is 1. The molecule has 0 heterocycles. The minimum atomic E-state index is 0.538. The standard InChI is InChI=1S/C16H22N2/c17-18-16(14-7-11-6-12(11)8-14)9-13-5-10-3-1-2-4-15(10)13/h1-4,11-14,16,18H,5-9,17H2. The molecule has 1 aromatic rings. The minimum Gasteiger partial charge on any atom is -0.271 e. The molecule has 3 N–H and O–H groups in total. The number of nitrogens with two attached hydrogens (primary N) is 1. The molecule has 0 spiro atoms. The highest BCUT2D eigenvalue weighted by atomic mass is 15.2. The molecule has 4 unspecified atom stereocenters. The van der Waals surface area contributed by atoms with Crippen LogP contribution < -0.4 is 11.3 Å². The third kappa shape index (κ3) is 1.70. The molecule has 2 heteroatoms. The highest BCUT2D eigenvalue weighted by Crippen LogP contribution is 2.56. The Morgan fingerprint density at radius 3 is 2.67 bits per heavy atom. The minimum absolute atomic E-state index is 0.538. The first kappa shape index (κ1) is 11.0. The Hall–Kier alpha value is -0.860. The van der Waals surface area contributed by atoms with Crippen molar-refractivity contribution in [3.05, 3.63) is 35.4 Å². The summed E-state index contributed by atoms with van der Waals surface area (Å²) in [5.41, 5.74) is 6.23. The second kappa shape index (κ2) is 4.07. The maximum absolute atomic E-state index is 5.81. The lowest BCUT2D eigenvalue weighted by atomic mass is 9.72. The summed E-state index contributed by atoms with van der Waals surface area (Å²) in [6.07, 6.45) is 6.84. The van der Waals surface area contributed by atoms with E-state index in [1.165, 1.54) is 32.1 Å². The van der Waals surface area contributed by atoms with Gasteiger partial charge in [0, 0.05) is 6.04 Å². The van der Waals surface area contributed by atoms with Crippen molar-refractivity contribution in [1.29, 1.82) is 0 Å². The lowest BCUT2D eigenvalue weighted by Gasteiger charge is -2.35. The van der Waals surface area contributed by atoms with Crippen molar-refractivity contribution in [2.75, 3.05) is 0 Å². The predicted octanol–water partition coefficient (Wildman–Crippen LogP) is 2.59. The molecule has 3 aliphatic rings. The van der Waals surface area contributed by atoms with Crippen molar-refractivity contribution in [1.82, 2.24) is 5.43 Å². The first-order chi connectivity index (χ1) is 8.85. The van der Waals surface area contributed by atoms with Gasteiger partial charge in [-0.1, -0.05) is 24.3 Å². The Morgan fingerprint density at radius 2 is 1.94 bits per heavy atom. The molecule has 2 saturated carbocycles. The monoisotopic (exact) mass is 242 g/mol. The van der Waals surface area contributed by atoms with Gasteiger partial charge < -0.3 is 0 Å². The SMILES string of the molecule is NNC(CC1Cc2ccccc21)C1CC2CC2C1. The summed E-state index contributed by atoms with van der Waals surface area (Å²) >= 11 is 0. The van der Waals surface area contributed by atoms with Gasteiger partial charge in [0.1, 0.15) is 0 Å². The molecular weight excluding hydrogens is 220 g/mol. The van der Waals surface area contributed by atoms with E-state index in [-0.39, 0.29) is 0 Å². The molecule has 0 aliphatic heterocycles. The van der Waals surface area contributed by atoms with E-state index in [0.717, 1.165) is 23.7 Å². The van der Waals surface area contributed by atoms with E-state index in [1.807, 2.05) is 0 Å². The molecule has 4 rings (SSSR count). The van der Waals surface area contributed by atoms with E-state index in [1.54, 1.807) is 11.1 Å². The Bertz CT molecular complexity index is 446. The van der Waals surface area contributed by atoms with Crippen LogP contribution in [0.5, 0.6) is 0 Å². The highest BCUT2D eigenvalue weighted by Gasteiger charge is 2.48. The molecule has 1 aromatic carbocycles. The third-order valence-electron chi connectivity index (χ3n) is 5.56. The molecule has 0 aromatic heterocycles. The molecule has 0 amide bonds. The second-order valence-corrected chi connectivity index (χ2v) is 6.60. The summed E-state index contributed by atoms with van der Waals surface area (Å²) in [6.45, 7) is 0. The van der Waals surface area contributed by atoms with E-state index >= 15 is 0 Å². The summed E-state index contributed by atoms with van der Waals surface area (Å²) in [5.74, 6) is 9.51. The van der Waals surface area contributed by atoms with Gasteiger partial charge >= 0.3 is 0 Å². The summed E-state index contributed by atoms with van der Waals surface area (Å²) in [6, 6.07) is 9.42. The molecule has 4 atom stereocenters. The van der Waals surface area contributed by atoms with E-state index in [2.05, 4.69) is 29.7 Å². The normalized spacial score (nSPS) is 37.6. The summed E-state index contributed by atoms with van der Waals surface area (Å²) in [5, 5.41) is 0. The number of fused-ring (bicyclic) bond motifs is 2. The van der Waals surface area contributed by atoms with Crippen LogP contribution in [0.25, 0.3) is 0 Å². The lowest BCUT2D eigenvalue weighted by molar-refractivity contribution is 0.296. The zero-order valence-electron chi connectivity index (χ0n) is 10.8. The van der Waals surface area contributed by atoms with Gasteiger partial charge in [-0.2, -0.15) is 0 Å². The summed E-state index contributed by atoms with van der Waals surface area (Å²) < 4.78 is 0. The average Bonchev–Trinajstić information content (AvgIpc) is 2.98. The zero-order chi connectivity index (χ0) is 12.1. The fraction of sp³-hybridized carbons (Fsp3) is 0.625. The van der Waals surface area contributed by atoms with Crippen LogP contribution in [0, 0.1) is 17.8 Å². The molecule has 0 saturated heterocycles. The molecule has 96 valence electrons. The second-order valence-electron chi connectivity index (χ2n) is 6.60. The summed E-state index contributed by atoms with van der Waals surface area (Å²) in [7, 11) is 0. The van der Waals surface area contributed by atoms with Crippen LogP contribution in [-0.4, -0.2) is 6.04 Å². The van der Waals surface area contributed by atoms with Gasteiger partial charge in [-0.15, -0.1) is 0 Å². The molecule has 2 fully saturated rings. The van der Waals surface area contributed by atoms with Crippen LogP contribution in [0.1, 0.15) is 42.7 Å². The first-order valence-corrected chi connectivity index (χ1v) is 7.39. The quantitative estimate of drug-likeness (QED) is 0.629. The maximum atomic E-state index is 5.81. The van der Waals surface area contributed by atoms with Crippen molar-refractivity contribution in [3.63, 3.8) is 0 Å². The van der Waals surface area contributed by atoms with Crippen LogP contribution in [0.2, 0.25) is 0 Å². The predicted molar refractivity (Wildman–Crippen MR) is 72.9 cm³/mol. The van der Waals surface area contributed by atoms with Gasteiger partial charge in [0.2, 0.25) is 0 Å². The van der Waals surface area contributed by atoms with Gasteiger partial charge in [0.25, 0.3) is 0 Å². The van der Waals surface area contributed by atoms with Gasteiger partial charge in [-0.25, -0.2) is 0 Å². The fourth-order valence-electron chi connectivity index (χ4n) is 4.37. The summed E-state index contributed by atoms with van der Waals surface area (Å²) in [4.78, 5) is 0. The zero-order valence-corrected chi connectivity index (χ0v) is 10.8. The highest BCUT2D eigenvalue weighted by molar-refractivity contribution is 5.40. The van der Waals surface area contributed by atoms with Crippen LogP contribution in [0.4, 0.5) is 0 Å². The average molecular weight is 242 g/mol. The van der Waals surface area contributed by atoms with Gasteiger partial charge in [-0.3, -0.25) is 11.3 Å². The van der Waals surface area contributed by atoms with Crippen LogP contribution in [0.3, 0.4) is 0 Å². The van der Waals surface area contributed by atoms with E-state index in [0.29, 0.717) is 6.04 Å². The van der Waals surface area contributed by atoms with Crippen molar-refractivity contribution in [3.8, 4) is 0 Å². The van der Waals surface area contributed by atoms with Crippen molar-refractivity contribution < 1.29 is 0 Å². The van der Waals surface area contributed by atoms with Gasteiger partial charge in [0.05, 0.1) is 0 Å². The molecule has 0 bridgehead atoms. The topological polar surface area (TPSA) is 38.0 Å². The van der Waals surface area contributed by atoms with Crippen LogP contribution >= 0.6 is 0 Å². The largest absolute Gasteiger partial charge is 0.271 e. The first-order valence-electron chi connectivity index (χ1n) is 7.39. The van der Waals surface area contributed by atoms with Crippen molar-refractivity contribution in [2.24, 2.45) is 23.6 Å². The number of rotatable bonds is 4. The van der Waals surface area contributed by atoms with E-state index in [9.17, 15) is 0 Å². The third-order valence-corrected chi connectivity index (χ3v) is 5.56.